The summed E-state index contributed by atoms with van der Waals surface area (Å²) < 4.78 is 20.7. The molecule has 1 aliphatic heterocycles. The summed E-state index contributed by atoms with van der Waals surface area (Å²) in [5.41, 5.74) is 1.28. The zero-order valence-corrected chi connectivity index (χ0v) is 10.0. The van der Waals surface area contributed by atoms with Crippen molar-refractivity contribution in [3.05, 3.63) is 17.2 Å². The third-order valence-corrected chi connectivity index (χ3v) is 2.74. The normalized spacial score (nSPS) is 13.7. The smallest absolute Gasteiger partial charge is 0.338 e. The molecule has 0 saturated heterocycles. The topological polar surface area (TPSA) is 54.0 Å². The fourth-order valence-corrected chi connectivity index (χ4v) is 1.97. The monoisotopic (exact) mass is 238 g/mol. The van der Waals surface area contributed by atoms with Gasteiger partial charge in [-0.05, 0) is 6.07 Å². The Bertz CT molecular complexity index is 453. The van der Waals surface area contributed by atoms with Gasteiger partial charge in [0.2, 0.25) is 5.75 Å². The van der Waals surface area contributed by atoms with Crippen LogP contribution < -0.4 is 14.2 Å². The predicted octanol–water partition coefficient (Wildman–Crippen LogP) is 1.43. The van der Waals surface area contributed by atoms with E-state index in [0.717, 1.165) is 5.56 Å². The first-order valence-electron chi connectivity index (χ1n) is 5.21. The Hall–Kier alpha value is -1.91. The SMILES string of the molecule is COc1cc2c(c(OC)c1OC)CCOC2=O. The minimum absolute atomic E-state index is 0.356. The predicted molar refractivity (Wildman–Crippen MR) is 60.1 cm³/mol. The maximum atomic E-state index is 11.6. The molecule has 0 bridgehead atoms. The molecule has 0 radical (unpaired) electrons. The molecule has 1 aromatic carbocycles. The van der Waals surface area contributed by atoms with Crippen LogP contribution in [-0.2, 0) is 11.2 Å². The molecule has 0 aromatic heterocycles. The number of esters is 1. The van der Waals surface area contributed by atoms with Gasteiger partial charge in [0, 0.05) is 12.0 Å². The lowest BCUT2D eigenvalue weighted by Gasteiger charge is -2.21. The van der Waals surface area contributed by atoms with Crippen LogP contribution in [0.15, 0.2) is 6.07 Å². The van der Waals surface area contributed by atoms with E-state index in [2.05, 4.69) is 0 Å². The van der Waals surface area contributed by atoms with Gasteiger partial charge in [-0.15, -0.1) is 0 Å². The Morgan fingerprint density at radius 1 is 1.12 bits per heavy atom. The number of carbonyl (C=O) groups is 1. The molecule has 0 spiro atoms. The van der Waals surface area contributed by atoms with E-state index in [0.29, 0.717) is 35.8 Å². The van der Waals surface area contributed by atoms with Crippen molar-refractivity contribution in [2.75, 3.05) is 27.9 Å². The number of cyclic esters (lactones) is 1. The van der Waals surface area contributed by atoms with Gasteiger partial charge < -0.3 is 18.9 Å². The molecule has 5 nitrogen and oxygen atoms in total. The Kier molecular flexibility index (Phi) is 3.08. The Morgan fingerprint density at radius 2 is 1.82 bits per heavy atom. The molecule has 0 saturated carbocycles. The van der Waals surface area contributed by atoms with Crippen LogP contribution in [-0.4, -0.2) is 33.9 Å². The average molecular weight is 238 g/mol. The first-order chi connectivity index (χ1) is 8.22. The molecular weight excluding hydrogens is 224 g/mol. The number of carbonyl (C=O) groups excluding carboxylic acids is 1. The lowest BCUT2D eigenvalue weighted by atomic mass is 10.00. The van der Waals surface area contributed by atoms with E-state index >= 15 is 0 Å². The van der Waals surface area contributed by atoms with Crippen molar-refractivity contribution in [3.63, 3.8) is 0 Å². The van der Waals surface area contributed by atoms with Gasteiger partial charge >= 0.3 is 5.97 Å². The number of hydrogen-bond acceptors (Lipinski definition) is 5. The molecule has 0 aliphatic carbocycles. The molecule has 1 aliphatic rings. The van der Waals surface area contributed by atoms with E-state index < -0.39 is 0 Å². The summed E-state index contributed by atoms with van der Waals surface area (Å²) in [5, 5.41) is 0. The van der Waals surface area contributed by atoms with E-state index in [9.17, 15) is 4.79 Å². The highest BCUT2D eigenvalue weighted by molar-refractivity contribution is 5.94. The third-order valence-electron chi connectivity index (χ3n) is 2.74. The second-order valence-corrected chi connectivity index (χ2v) is 3.56. The van der Waals surface area contributed by atoms with Crippen LogP contribution in [0.5, 0.6) is 17.2 Å². The molecular formula is C12H14O5. The van der Waals surface area contributed by atoms with Gasteiger partial charge in [-0.1, -0.05) is 0 Å². The van der Waals surface area contributed by atoms with E-state index in [4.69, 9.17) is 18.9 Å². The highest BCUT2D eigenvalue weighted by Gasteiger charge is 2.27. The number of fused-ring (bicyclic) bond motifs is 1. The van der Waals surface area contributed by atoms with Gasteiger partial charge in [0.1, 0.15) is 0 Å². The molecule has 17 heavy (non-hydrogen) atoms. The van der Waals surface area contributed by atoms with E-state index in [1.165, 1.54) is 21.3 Å². The van der Waals surface area contributed by atoms with Crippen molar-refractivity contribution in [1.29, 1.82) is 0 Å². The van der Waals surface area contributed by atoms with Gasteiger partial charge in [-0.25, -0.2) is 4.79 Å². The molecule has 1 aromatic rings. The fraction of sp³-hybridized carbons (Fsp3) is 0.417. The Morgan fingerprint density at radius 3 is 2.41 bits per heavy atom. The van der Waals surface area contributed by atoms with Crippen LogP contribution in [0, 0.1) is 0 Å². The lowest BCUT2D eigenvalue weighted by Crippen LogP contribution is -2.19. The van der Waals surface area contributed by atoms with Crippen LogP contribution in [0.4, 0.5) is 0 Å². The van der Waals surface area contributed by atoms with E-state index in [-0.39, 0.29) is 5.97 Å². The summed E-state index contributed by atoms with van der Waals surface area (Å²) in [6, 6.07) is 1.62. The molecule has 1 heterocycles. The minimum Gasteiger partial charge on any atom is -0.493 e. The minimum atomic E-state index is -0.356. The second kappa shape index (κ2) is 4.53. The summed E-state index contributed by atoms with van der Waals surface area (Å²) in [6.07, 6.45) is 0.616. The molecule has 0 atom stereocenters. The summed E-state index contributed by atoms with van der Waals surface area (Å²) in [7, 11) is 4.59. The number of ether oxygens (including phenoxy) is 4. The molecule has 92 valence electrons. The van der Waals surface area contributed by atoms with Crippen LogP contribution in [0.1, 0.15) is 15.9 Å². The molecule has 0 N–H and O–H groups in total. The first kappa shape index (κ1) is 11.6. The van der Waals surface area contributed by atoms with E-state index in [1.807, 2.05) is 0 Å². The maximum absolute atomic E-state index is 11.6. The molecule has 2 rings (SSSR count). The van der Waals surface area contributed by atoms with Gasteiger partial charge in [-0.3, -0.25) is 0 Å². The van der Waals surface area contributed by atoms with Gasteiger partial charge in [0.15, 0.2) is 11.5 Å². The van der Waals surface area contributed by atoms with Crippen LogP contribution in [0.2, 0.25) is 0 Å². The van der Waals surface area contributed by atoms with Crippen LogP contribution in [0.3, 0.4) is 0 Å². The van der Waals surface area contributed by atoms with Crippen molar-refractivity contribution >= 4 is 5.97 Å². The van der Waals surface area contributed by atoms with Crippen molar-refractivity contribution in [3.8, 4) is 17.2 Å². The fourth-order valence-electron chi connectivity index (χ4n) is 1.97. The van der Waals surface area contributed by atoms with Crippen molar-refractivity contribution < 1.29 is 23.7 Å². The molecule has 0 fully saturated rings. The zero-order chi connectivity index (χ0) is 12.4. The first-order valence-corrected chi connectivity index (χ1v) is 5.21. The number of hydrogen-bond donors (Lipinski definition) is 0. The molecule has 0 amide bonds. The summed E-state index contributed by atoms with van der Waals surface area (Å²) in [5.74, 6) is 1.15. The highest BCUT2D eigenvalue weighted by atomic mass is 16.5. The van der Waals surface area contributed by atoms with Crippen LogP contribution >= 0.6 is 0 Å². The number of rotatable bonds is 3. The number of benzene rings is 1. The zero-order valence-electron chi connectivity index (χ0n) is 10.0. The number of methoxy groups -OCH3 is 3. The second-order valence-electron chi connectivity index (χ2n) is 3.56. The molecule has 0 unspecified atom stereocenters. The van der Waals surface area contributed by atoms with Gasteiger partial charge in [0.25, 0.3) is 0 Å². The average Bonchev–Trinajstić information content (AvgIpc) is 2.36. The molecule has 5 heteroatoms. The Balaban J connectivity index is 2.68. The highest BCUT2D eigenvalue weighted by Crippen LogP contribution is 2.43. The van der Waals surface area contributed by atoms with Crippen molar-refractivity contribution in [2.24, 2.45) is 0 Å². The largest absolute Gasteiger partial charge is 0.493 e. The maximum Gasteiger partial charge on any atom is 0.338 e. The summed E-state index contributed by atoms with van der Waals surface area (Å²) in [4.78, 5) is 11.6. The standard InChI is InChI=1S/C12H14O5/c1-14-9-6-8-7(4-5-17-12(8)13)10(15-2)11(9)16-3/h6H,4-5H2,1-3H3. The Labute approximate surface area is 99.2 Å². The third kappa shape index (κ3) is 1.77. The quantitative estimate of drug-likeness (QED) is 0.745. The van der Waals surface area contributed by atoms with E-state index in [1.54, 1.807) is 6.07 Å². The van der Waals surface area contributed by atoms with Crippen molar-refractivity contribution in [2.45, 2.75) is 6.42 Å². The summed E-state index contributed by atoms with van der Waals surface area (Å²) >= 11 is 0. The van der Waals surface area contributed by atoms with Gasteiger partial charge in [0.05, 0.1) is 33.5 Å². The van der Waals surface area contributed by atoms with Crippen molar-refractivity contribution in [1.82, 2.24) is 0 Å². The summed E-state index contributed by atoms with van der Waals surface area (Å²) in [6.45, 7) is 0.359. The van der Waals surface area contributed by atoms with Gasteiger partial charge in [-0.2, -0.15) is 0 Å². The van der Waals surface area contributed by atoms with Crippen LogP contribution in [0.25, 0.3) is 0 Å². The lowest BCUT2D eigenvalue weighted by molar-refractivity contribution is 0.0477.